The maximum atomic E-state index is 13.1. The SMILES string of the molecule is CCCCOc1ccc(C(O)=C2C(=O)C(=O)N(CCN3CCOCC3)[C@@H]2c2ccncc2)cc1. The number of hydrogen-bond donors (Lipinski definition) is 1. The normalized spacial score (nSPS) is 20.6. The molecule has 1 N–H and O–H groups in total. The van der Waals surface area contributed by atoms with E-state index < -0.39 is 17.7 Å². The zero-order valence-corrected chi connectivity index (χ0v) is 19.5. The highest BCUT2D eigenvalue weighted by molar-refractivity contribution is 6.46. The molecular weight excluding hydrogens is 434 g/mol. The van der Waals surface area contributed by atoms with E-state index in [1.807, 2.05) is 0 Å². The summed E-state index contributed by atoms with van der Waals surface area (Å²) in [5.74, 6) is -0.767. The Morgan fingerprint density at radius 2 is 1.79 bits per heavy atom. The zero-order valence-electron chi connectivity index (χ0n) is 19.5. The van der Waals surface area contributed by atoms with Gasteiger partial charge in [-0.25, -0.2) is 0 Å². The van der Waals surface area contributed by atoms with Crippen LogP contribution in [0.3, 0.4) is 0 Å². The predicted octanol–water partition coefficient (Wildman–Crippen LogP) is 3.01. The van der Waals surface area contributed by atoms with E-state index in [4.69, 9.17) is 9.47 Å². The Bertz CT molecular complexity index is 1020. The van der Waals surface area contributed by atoms with Crippen molar-refractivity contribution in [2.75, 3.05) is 46.0 Å². The van der Waals surface area contributed by atoms with Crippen LogP contribution in [0, 0.1) is 0 Å². The number of carbonyl (C=O) groups is 2. The lowest BCUT2D eigenvalue weighted by Gasteiger charge is -2.30. The second kappa shape index (κ2) is 11.3. The first-order chi connectivity index (χ1) is 16.6. The van der Waals surface area contributed by atoms with Gasteiger partial charge in [0.15, 0.2) is 0 Å². The number of aromatic nitrogens is 1. The molecule has 2 aliphatic rings. The van der Waals surface area contributed by atoms with Gasteiger partial charge in [0.25, 0.3) is 11.7 Å². The van der Waals surface area contributed by atoms with Gasteiger partial charge in [0.05, 0.1) is 31.4 Å². The number of pyridine rings is 1. The molecule has 4 rings (SSSR count). The monoisotopic (exact) mass is 465 g/mol. The third-order valence-electron chi connectivity index (χ3n) is 6.22. The molecule has 1 amide bonds. The summed E-state index contributed by atoms with van der Waals surface area (Å²) in [6.07, 6.45) is 5.25. The molecule has 180 valence electrons. The lowest BCUT2D eigenvalue weighted by atomic mass is 9.96. The molecule has 0 aliphatic carbocycles. The molecule has 1 aromatic heterocycles. The highest BCUT2D eigenvalue weighted by Gasteiger charge is 2.46. The summed E-state index contributed by atoms with van der Waals surface area (Å²) in [7, 11) is 0. The molecule has 0 saturated carbocycles. The van der Waals surface area contributed by atoms with Crippen LogP contribution in [-0.2, 0) is 14.3 Å². The molecular formula is C26H31N3O5. The van der Waals surface area contributed by atoms with E-state index in [-0.39, 0.29) is 11.3 Å². The van der Waals surface area contributed by atoms with Gasteiger partial charge in [-0.1, -0.05) is 13.3 Å². The molecule has 8 heteroatoms. The van der Waals surface area contributed by atoms with Crippen molar-refractivity contribution in [2.24, 2.45) is 0 Å². The Morgan fingerprint density at radius 1 is 1.09 bits per heavy atom. The van der Waals surface area contributed by atoms with E-state index >= 15 is 0 Å². The van der Waals surface area contributed by atoms with Crippen LogP contribution in [0.2, 0.25) is 0 Å². The number of benzene rings is 1. The molecule has 3 heterocycles. The van der Waals surface area contributed by atoms with E-state index in [2.05, 4.69) is 16.8 Å². The molecule has 2 fully saturated rings. The van der Waals surface area contributed by atoms with Crippen molar-refractivity contribution in [3.8, 4) is 5.75 Å². The molecule has 1 aromatic carbocycles. The number of carbonyl (C=O) groups excluding carboxylic acids is 2. The quantitative estimate of drug-likeness (QED) is 0.263. The fourth-order valence-corrected chi connectivity index (χ4v) is 4.28. The van der Waals surface area contributed by atoms with Crippen molar-refractivity contribution in [3.63, 3.8) is 0 Å². The van der Waals surface area contributed by atoms with Crippen LogP contribution in [0.4, 0.5) is 0 Å². The number of unbranched alkanes of at least 4 members (excludes halogenated alkanes) is 1. The minimum atomic E-state index is -0.676. The van der Waals surface area contributed by atoms with Crippen LogP contribution in [0.1, 0.15) is 36.9 Å². The van der Waals surface area contributed by atoms with Crippen molar-refractivity contribution >= 4 is 17.4 Å². The summed E-state index contributed by atoms with van der Waals surface area (Å²) in [6, 6.07) is 9.82. The third-order valence-corrected chi connectivity index (χ3v) is 6.22. The zero-order chi connectivity index (χ0) is 23.9. The number of aliphatic hydroxyl groups is 1. The van der Waals surface area contributed by atoms with Gasteiger partial charge in [-0.2, -0.15) is 0 Å². The van der Waals surface area contributed by atoms with Crippen molar-refractivity contribution < 1.29 is 24.2 Å². The maximum absolute atomic E-state index is 13.1. The predicted molar refractivity (Wildman–Crippen MR) is 127 cm³/mol. The van der Waals surface area contributed by atoms with Crippen LogP contribution in [0.15, 0.2) is 54.4 Å². The van der Waals surface area contributed by atoms with E-state index in [9.17, 15) is 14.7 Å². The average Bonchev–Trinajstić information content (AvgIpc) is 3.13. The highest BCUT2D eigenvalue weighted by Crippen LogP contribution is 2.39. The Hall–Kier alpha value is -3.23. The molecule has 1 atom stereocenters. The molecule has 0 spiro atoms. The lowest BCUT2D eigenvalue weighted by Crippen LogP contribution is -2.42. The number of ketones is 1. The Labute approximate surface area is 199 Å². The van der Waals surface area contributed by atoms with E-state index in [1.165, 1.54) is 0 Å². The molecule has 0 unspecified atom stereocenters. The number of aliphatic hydroxyl groups excluding tert-OH is 1. The average molecular weight is 466 g/mol. The lowest BCUT2D eigenvalue weighted by molar-refractivity contribution is -0.140. The van der Waals surface area contributed by atoms with Crippen molar-refractivity contribution in [2.45, 2.75) is 25.8 Å². The molecule has 0 bridgehead atoms. The Kier molecular flexibility index (Phi) is 7.92. The maximum Gasteiger partial charge on any atom is 0.295 e. The van der Waals surface area contributed by atoms with Gasteiger partial charge in [-0.3, -0.25) is 19.5 Å². The number of Topliss-reactive ketones (excluding diaryl/α,β-unsaturated/α-hetero) is 1. The van der Waals surface area contributed by atoms with Crippen LogP contribution in [0.5, 0.6) is 5.75 Å². The standard InChI is InChI=1S/C26H31N3O5/c1-2-3-16-34-21-6-4-20(5-7-21)24(30)22-23(19-8-10-27-11-9-19)29(26(32)25(22)31)13-12-28-14-17-33-18-15-28/h4-11,23,30H,2-3,12-18H2,1H3/t23-/m1/s1. The number of hydrogen-bond acceptors (Lipinski definition) is 7. The summed E-state index contributed by atoms with van der Waals surface area (Å²) in [5, 5.41) is 11.2. The van der Waals surface area contributed by atoms with E-state index in [0.29, 0.717) is 44.2 Å². The first-order valence-corrected chi connectivity index (χ1v) is 11.8. The van der Waals surface area contributed by atoms with Crippen LogP contribution in [0.25, 0.3) is 5.76 Å². The summed E-state index contributed by atoms with van der Waals surface area (Å²) in [6.45, 7) is 6.61. The van der Waals surface area contributed by atoms with Crippen LogP contribution < -0.4 is 4.74 Å². The van der Waals surface area contributed by atoms with Gasteiger partial charge in [0.2, 0.25) is 0 Å². The summed E-state index contributed by atoms with van der Waals surface area (Å²) in [4.78, 5) is 34.0. The molecule has 34 heavy (non-hydrogen) atoms. The smallest absolute Gasteiger partial charge is 0.295 e. The van der Waals surface area contributed by atoms with Gasteiger partial charge in [-0.15, -0.1) is 0 Å². The van der Waals surface area contributed by atoms with Crippen LogP contribution in [-0.4, -0.2) is 77.6 Å². The fraction of sp³-hybridized carbons (Fsp3) is 0.423. The summed E-state index contributed by atoms with van der Waals surface area (Å²) >= 11 is 0. The number of likely N-dealkylation sites (tertiary alicyclic amines) is 1. The first kappa shape index (κ1) is 23.9. The number of rotatable bonds is 9. The molecule has 2 aromatic rings. The van der Waals surface area contributed by atoms with Gasteiger partial charge >= 0.3 is 0 Å². The second-order valence-electron chi connectivity index (χ2n) is 8.45. The highest BCUT2D eigenvalue weighted by atomic mass is 16.5. The molecule has 0 radical (unpaired) electrons. The largest absolute Gasteiger partial charge is 0.507 e. The minimum absolute atomic E-state index is 0.0952. The van der Waals surface area contributed by atoms with E-state index in [0.717, 1.165) is 31.5 Å². The van der Waals surface area contributed by atoms with Crippen molar-refractivity contribution in [1.29, 1.82) is 0 Å². The Balaban J connectivity index is 1.63. The van der Waals surface area contributed by atoms with Gasteiger partial charge in [0, 0.05) is 44.1 Å². The van der Waals surface area contributed by atoms with Gasteiger partial charge in [0.1, 0.15) is 11.5 Å². The molecule has 8 nitrogen and oxygen atoms in total. The number of ether oxygens (including phenoxy) is 2. The Morgan fingerprint density at radius 3 is 2.47 bits per heavy atom. The molecule has 2 aliphatic heterocycles. The first-order valence-electron chi connectivity index (χ1n) is 11.8. The number of nitrogens with zero attached hydrogens (tertiary/aromatic N) is 3. The third kappa shape index (κ3) is 5.29. The van der Waals surface area contributed by atoms with E-state index in [1.54, 1.807) is 53.7 Å². The summed E-state index contributed by atoms with van der Waals surface area (Å²) < 4.78 is 11.1. The minimum Gasteiger partial charge on any atom is -0.507 e. The number of amides is 1. The fourth-order valence-electron chi connectivity index (χ4n) is 4.28. The van der Waals surface area contributed by atoms with Crippen LogP contribution >= 0.6 is 0 Å². The number of morpholine rings is 1. The van der Waals surface area contributed by atoms with Gasteiger partial charge in [-0.05, 0) is 48.4 Å². The topological polar surface area (TPSA) is 92.2 Å². The second-order valence-corrected chi connectivity index (χ2v) is 8.45. The van der Waals surface area contributed by atoms with Crippen molar-refractivity contribution in [3.05, 3.63) is 65.5 Å². The summed E-state index contributed by atoms with van der Waals surface area (Å²) in [5.41, 5.74) is 1.29. The van der Waals surface area contributed by atoms with Crippen molar-refractivity contribution in [1.82, 2.24) is 14.8 Å². The molecule has 2 saturated heterocycles. The van der Waals surface area contributed by atoms with Gasteiger partial charge < -0.3 is 19.5 Å².